The minimum atomic E-state index is -0.551. The normalized spacial score (nSPS) is 25.0. The van der Waals surface area contributed by atoms with Crippen LogP contribution in [0.2, 0.25) is 0 Å². The summed E-state index contributed by atoms with van der Waals surface area (Å²) in [5.41, 5.74) is 2.00. The van der Waals surface area contributed by atoms with Crippen LogP contribution in [0.3, 0.4) is 0 Å². The van der Waals surface area contributed by atoms with E-state index >= 15 is 0 Å². The number of benzene rings is 1. The van der Waals surface area contributed by atoms with Gasteiger partial charge in [-0.15, -0.1) is 0 Å². The number of anilines is 3. The van der Waals surface area contributed by atoms with E-state index in [2.05, 4.69) is 30.8 Å². The zero-order valence-electron chi connectivity index (χ0n) is 22.6. The lowest BCUT2D eigenvalue weighted by Crippen LogP contribution is -2.35. The van der Waals surface area contributed by atoms with Crippen molar-refractivity contribution < 1.29 is 33.4 Å². The molecule has 1 aromatic heterocycles. The van der Waals surface area contributed by atoms with Crippen LogP contribution in [-0.2, 0) is 27.2 Å². The molecule has 14 heteroatoms. The molecule has 3 aliphatic heterocycles. The lowest BCUT2D eigenvalue weighted by atomic mass is 10.1. The standard InChI is InChI=1S/C27H32FN7O6/c1-34(3-2-18-12-35(27(39)41-18)22-10-30-26-24(32-22)33-23(37)13-40-26)11-14-4-15-6-16(7-20(28)19(15)5-14)31-25(38)21-8-17(36)9-29-21/h6-7,10,14,17-18,21,29,36H,2-5,8-9,11-13H2,1H3,(H,31,38)(H,32,33,37). The fraction of sp³-hybridized carbons (Fsp3) is 0.519. The summed E-state index contributed by atoms with van der Waals surface area (Å²) in [6.07, 6.45) is 2.24. The van der Waals surface area contributed by atoms with Crippen LogP contribution in [0.25, 0.3) is 0 Å². The van der Waals surface area contributed by atoms with Gasteiger partial charge >= 0.3 is 6.09 Å². The van der Waals surface area contributed by atoms with Gasteiger partial charge in [0.1, 0.15) is 11.9 Å². The van der Waals surface area contributed by atoms with Gasteiger partial charge in [0.25, 0.3) is 11.8 Å². The van der Waals surface area contributed by atoms with Gasteiger partial charge in [-0.05, 0) is 61.9 Å². The van der Waals surface area contributed by atoms with E-state index in [-0.39, 0.29) is 53.8 Å². The molecule has 4 heterocycles. The summed E-state index contributed by atoms with van der Waals surface area (Å²) in [6.45, 7) is 1.95. The van der Waals surface area contributed by atoms with Gasteiger partial charge in [-0.2, -0.15) is 0 Å². The fourth-order valence-corrected chi connectivity index (χ4v) is 5.87. The quantitative estimate of drug-likeness (QED) is 0.356. The van der Waals surface area contributed by atoms with Crippen molar-refractivity contribution in [2.75, 3.05) is 55.4 Å². The highest BCUT2D eigenvalue weighted by atomic mass is 19.1. The molecule has 0 saturated carbocycles. The molecule has 1 aliphatic carbocycles. The Bertz CT molecular complexity index is 1380. The highest BCUT2D eigenvalue weighted by Crippen LogP contribution is 2.33. The van der Waals surface area contributed by atoms with Crippen LogP contribution in [0.15, 0.2) is 18.3 Å². The first-order valence-corrected chi connectivity index (χ1v) is 13.7. The van der Waals surface area contributed by atoms with Crippen LogP contribution in [-0.4, -0.2) is 96.0 Å². The third-order valence-corrected chi connectivity index (χ3v) is 7.86. The van der Waals surface area contributed by atoms with E-state index in [1.807, 2.05) is 13.1 Å². The van der Waals surface area contributed by atoms with Crippen LogP contribution in [0.5, 0.6) is 5.88 Å². The molecule has 4 unspecified atom stereocenters. The summed E-state index contributed by atoms with van der Waals surface area (Å²) < 4.78 is 25.7. The lowest BCUT2D eigenvalue weighted by molar-refractivity contribution is -0.119. The average molecular weight is 570 g/mol. The molecule has 4 aliphatic rings. The SMILES string of the molecule is CN(CCC1CN(c2cnc3c(n2)NC(=O)CO3)C(=O)O1)CC1Cc2cc(NC(=O)C3CC(O)CN3)cc(F)c2C1. The second kappa shape index (κ2) is 11.2. The predicted molar refractivity (Wildman–Crippen MR) is 144 cm³/mol. The lowest BCUT2D eigenvalue weighted by Gasteiger charge is -2.22. The third-order valence-electron chi connectivity index (χ3n) is 7.86. The first-order valence-electron chi connectivity index (χ1n) is 13.7. The Balaban J connectivity index is 0.988. The number of aromatic nitrogens is 2. The summed E-state index contributed by atoms with van der Waals surface area (Å²) in [5.74, 6) is -0.0770. The molecule has 2 saturated heterocycles. The van der Waals surface area contributed by atoms with Gasteiger partial charge in [-0.1, -0.05) is 0 Å². The number of ether oxygens (including phenoxy) is 2. The molecular formula is C27H32FN7O6. The van der Waals surface area contributed by atoms with Gasteiger partial charge in [-0.3, -0.25) is 14.5 Å². The van der Waals surface area contributed by atoms with Crippen LogP contribution in [0, 0.1) is 11.7 Å². The van der Waals surface area contributed by atoms with Crippen molar-refractivity contribution in [2.24, 2.45) is 5.92 Å². The van der Waals surface area contributed by atoms with Crippen molar-refractivity contribution in [3.05, 3.63) is 35.3 Å². The summed E-state index contributed by atoms with van der Waals surface area (Å²) in [6, 6.07) is 2.72. The van der Waals surface area contributed by atoms with E-state index < -0.39 is 18.2 Å². The molecule has 0 radical (unpaired) electrons. The number of amides is 3. The second-order valence-electron chi connectivity index (χ2n) is 11.1. The van der Waals surface area contributed by atoms with Gasteiger partial charge in [0.2, 0.25) is 5.91 Å². The van der Waals surface area contributed by atoms with E-state index in [4.69, 9.17) is 9.47 Å². The smallest absolute Gasteiger partial charge is 0.415 e. The number of rotatable bonds is 8. The van der Waals surface area contributed by atoms with Gasteiger partial charge in [-0.25, -0.2) is 19.2 Å². The van der Waals surface area contributed by atoms with Gasteiger partial charge in [0, 0.05) is 25.3 Å². The Labute approximate surface area is 235 Å². The van der Waals surface area contributed by atoms with Crippen molar-refractivity contribution in [2.45, 2.75) is 43.9 Å². The third kappa shape index (κ3) is 5.94. The highest BCUT2D eigenvalue weighted by molar-refractivity contribution is 5.95. The van der Waals surface area contributed by atoms with Crippen molar-refractivity contribution in [3.8, 4) is 5.88 Å². The highest BCUT2D eigenvalue weighted by Gasteiger charge is 2.35. The zero-order chi connectivity index (χ0) is 28.7. The molecular weight excluding hydrogens is 537 g/mol. The number of aliphatic hydroxyl groups excluding tert-OH is 1. The maximum absolute atomic E-state index is 14.9. The minimum Gasteiger partial charge on any atom is -0.465 e. The molecule has 0 bridgehead atoms. The summed E-state index contributed by atoms with van der Waals surface area (Å²) in [7, 11) is 1.99. The monoisotopic (exact) mass is 569 g/mol. The summed E-state index contributed by atoms with van der Waals surface area (Å²) in [4.78, 5) is 48.5. The number of cyclic esters (lactones) is 1. The summed E-state index contributed by atoms with van der Waals surface area (Å²) >= 11 is 0. The van der Waals surface area contributed by atoms with E-state index in [1.165, 1.54) is 17.2 Å². The topological polar surface area (TPSA) is 158 Å². The number of nitrogens with one attached hydrogen (secondary N) is 3. The van der Waals surface area contributed by atoms with Crippen LogP contribution >= 0.6 is 0 Å². The first kappa shape index (κ1) is 27.3. The van der Waals surface area contributed by atoms with Crippen LogP contribution in [0.1, 0.15) is 24.0 Å². The summed E-state index contributed by atoms with van der Waals surface area (Å²) in [5, 5.41) is 18.0. The molecule has 41 heavy (non-hydrogen) atoms. The van der Waals surface area contributed by atoms with E-state index in [9.17, 15) is 23.9 Å². The molecule has 2 aromatic rings. The van der Waals surface area contributed by atoms with E-state index in [0.717, 1.165) is 12.1 Å². The molecule has 0 spiro atoms. The van der Waals surface area contributed by atoms with Gasteiger partial charge in [0.05, 0.1) is 24.9 Å². The largest absolute Gasteiger partial charge is 0.465 e. The molecule has 3 amide bonds. The van der Waals surface area contributed by atoms with Crippen molar-refractivity contribution in [1.82, 2.24) is 20.2 Å². The number of carbonyl (C=O) groups excluding carboxylic acids is 3. The van der Waals surface area contributed by atoms with E-state index in [1.54, 1.807) is 0 Å². The Kier molecular flexibility index (Phi) is 7.45. The number of aliphatic hydroxyl groups is 1. The Morgan fingerprint density at radius 3 is 2.98 bits per heavy atom. The molecule has 13 nitrogen and oxygen atoms in total. The number of nitrogens with zero attached hydrogens (tertiary/aromatic N) is 4. The van der Waals surface area contributed by atoms with Crippen LogP contribution in [0.4, 0.5) is 26.5 Å². The van der Waals surface area contributed by atoms with Gasteiger partial charge in [0.15, 0.2) is 18.2 Å². The predicted octanol–water partition coefficient (Wildman–Crippen LogP) is 0.670. The number of halogens is 1. The average Bonchev–Trinajstić information content (AvgIpc) is 3.65. The van der Waals surface area contributed by atoms with E-state index in [0.29, 0.717) is 56.6 Å². The Morgan fingerprint density at radius 1 is 1.32 bits per heavy atom. The van der Waals surface area contributed by atoms with Crippen molar-refractivity contribution in [1.29, 1.82) is 0 Å². The van der Waals surface area contributed by atoms with Crippen molar-refractivity contribution >= 4 is 35.2 Å². The fourth-order valence-electron chi connectivity index (χ4n) is 5.87. The second-order valence-corrected chi connectivity index (χ2v) is 11.1. The molecule has 6 rings (SSSR count). The Morgan fingerprint density at radius 2 is 2.17 bits per heavy atom. The molecule has 2 fully saturated rings. The molecule has 218 valence electrons. The maximum Gasteiger partial charge on any atom is 0.415 e. The number of fused-ring (bicyclic) bond motifs is 2. The first-order chi connectivity index (χ1) is 19.7. The number of hydrogen-bond acceptors (Lipinski definition) is 10. The van der Waals surface area contributed by atoms with Gasteiger partial charge < -0.3 is 35.4 Å². The molecule has 4 atom stereocenters. The van der Waals surface area contributed by atoms with Crippen LogP contribution < -0.4 is 25.6 Å². The number of hydrogen-bond donors (Lipinski definition) is 4. The molecule has 4 N–H and O–H groups in total. The molecule has 1 aromatic carbocycles. The number of β-amino-alcohol motifs (C(OH)–C–C–N with tert-alkyl or cyclic N) is 1. The maximum atomic E-state index is 14.9. The minimum absolute atomic E-state index is 0.131. The number of carbonyl (C=O) groups is 3. The van der Waals surface area contributed by atoms with Crippen molar-refractivity contribution in [3.63, 3.8) is 0 Å². The zero-order valence-corrected chi connectivity index (χ0v) is 22.6. The Hall–Kier alpha value is -3.88.